The normalized spacial score (nSPS) is 12.8. The lowest BCUT2D eigenvalue weighted by atomic mass is 9.86. The summed E-state index contributed by atoms with van der Waals surface area (Å²) in [6.45, 7) is 1.59. The first-order valence-corrected chi connectivity index (χ1v) is 6.74. The van der Waals surface area contributed by atoms with Crippen LogP contribution in [0.1, 0.15) is 34.8 Å². The first-order chi connectivity index (χ1) is 9.60. The van der Waals surface area contributed by atoms with Crippen LogP contribution in [0.25, 0.3) is 11.1 Å². The molecule has 3 rings (SSSR count). The van der Waals surface area contributed by atoms with Gasteiger partial charge in [0.1, 0.15) is 11.6 Å². The van der Waals surface area contributed by atoms with Gasteiger partial charge in [0.05, 0.1) is 5.56 Å². The molecule has 0 bridgehead atoms. The van der Waals surface area contributed by atoms with Crippen LogP contribution < -0.4 is 0 Å². The van der Waals surface area contributed by atoms with Gasteiger partial charge in [-0.25, -0.2) is 8.78 Å². The average Bonchev–Trinajstić information content (AvgIpc) is 2.39. The second-order valence-corrected chi connectivity index (χ2v) is 5.08. The zero-order valence-corrected chi connectivity index (χ0v) is 11.2. The molecule has 20 heavy (non-hydrogen) atoms. The van der Waals surface area contributed by atoms with Crippen molar-refractivity contribution in [3.05, 3.63) is 58.7 Å². The third kappa shape index (κ3) is 2.03. The van der Waals surface area contributed by atoms with E-state index < -0.39 is 23.0 Å². The van der Waals surface area contributed by atoms with Gasteiger partial charge in [0.15, 0.2) is 5.78 Å². The molecule has 0 atom stereocenters. The van der Waals surface area contributed by atoms with Gasteiger partial charge in [0, 0.05) is 6.42 Å². The predicted molar refractivity (Wildman–Crippen MR) is 73.8 cm³/mol. The molecule has 1 aliphatic rings. The molecule has 0 radical (unpaired) electrons. The molecule has 0 N–H and O–H groups in total. The molecule has 0 saturated carbocycles. The van der Waals surface area contributed by atoms with Crippen molar-refractivity contribution in [2.75, 3.05) is 0 Å². The average molecular weight is 272 g/mol. The molecule has 0 heterocycles. The number of carbonyl (C=O) groups excluding carboxylic acids is 1. The summed E-state index contributed by atoms with van der Waals surface area (Å²) in [6, 6.07) is 8.32. The SMILES string of the molecule is CCC(=O)c1c(F)cc(-c2ccc3c(c2)CC3)cc1F. The summed E-state index contributed by atoms with van der Waals surface area (Å²) in [5.74, 6) is -2.08. The highest BCUT2D eigenvalue weighted by molar-refractivity contribution is 5.96. The highest BCUT2D eigenvalue weighted by Gasteiger charge is 2.19. The Morgan fingerprint density at radius 2 is 1.65 bits per heavy atom. The lowest BCUT2D eigenvalue weighted by molar-refractivity contribution is 0.0980. The molecule has 1 aliphatic carbocycles. The van der Waals surface area contributed by atoms with Crippen LogP contribution in [0.4, 0.5) is 8.78 Å². The van der Waals surface area contributed by atoms with Crippen molar-refractivity contribution in [1.29, 1.82) is 0 Å². The van der Waals surface area contributed by atoms with Crippen molar-refractivity contribution in [1.82, 2.24) is 0 Å². The minimum atomic E-state index is -0.783. The summed E-state index contributed by atoms with van der Waals surface area (Å²) in [6.07, 6.45) is 2.18. The Kier molecular flexibility index (Phi) is 3.13. The molecule has 0 amide bonds. The molecule has 0 aliphatic heterocycles. The van der Waals surface area contributed by atoms with E-state index in [2.05, 4.69) is 0 Å². The molecule has 1 nitrogen and oxygen atoms in total. The van der Waals surface area contributed by atoms with Gasteiger partial charge in [-0.15, -0.1) is 0 Å². The Morgan fingerprint density at radius 1 is 1.00 bits per heavy atom. The van der Waals surface area contributed by atoms with Crippen LogP contribution in [-0.2, 0) is 12.8 Å². The molecule has 0 fully saturated rings. The van der Waals surface area contributed by atoms with Crippen LogP contribution in [-0.4, -0.2) is 5.78 Å². The molecule has 3 heteroatoms. The van der Waals surface area contributed by atoms with Gasteiger partial charge in [0.2, 0.25) is 0 Å². The number of halogens is 2. The summed E-state index contributed by atoms with van der Waals surface area (Å²) < 4.78 is 27.9. The monoisotopic (exact) mass is 272 g/mol. The number of rotatable bonds is 3. The van der Waals surface area contributed by atoms with Gasteiger partial charge in [-0.05, 0) is 47.2 Å². The van der Waals surface area contributed by atoms with E-state index in [1.54, 1.807) is 6.92 Å². The van der Waals surface area contributed by atoms with Crippen molar-refractivity contribution in [2.24, 2.45) is 0 Å². The number of hydrogen-bond donors (Lipinski definition) is 0. The van der Waals surface area contributed by atoms with Gasteiger partial charge in [-0.1, -0.05) is 25.1 Å². The van der Waals surface area contributed by atoms with E-state index in [-0.39, 0.29) is 6.42 Å². The van der Waals surface area contributed by atoms with E-state index in [1.165, 1.54) is 23.3 Å². The Hall–Kier alpha value is -2.03. The molecular weight excluding hydrogens is 258 g/mol. The number of benzene rings is 2. The standard InChI is InChI=1S/C17H14F2O/c1-2-16(20)17-14(18)8-13(9-15(17)19)12-6-4-10-3-5-11(10)7-12/h4,6-9H,2-3,5H2,1H3. The van der Waals surface area contributed by atoms with Crippen LogP contribution in [0.5, 0.6) is 0 Å². The maximum Gasteiger partial charge on any atom is 0.168 e. The summed E-state index contributed by atoms with van der Waals surface area (Å²) in [5.41, 5.74) is 3.36. The van der Waals surface area contributed by atoms with Crippen molar-refractivity contribution in [3.8, 4) is 11.1 Å². The zero-order chi connectivity index (χ0) is 14.3. The van der Waals surface area contributed by atoms with E-state index in [0.717, 1.165) is 18.4 Å². The van der Waals surface area contributed by atoms with Crippen LogP contribution in [0, 0.1) is 11.6 Å². The number of carbonyl (C=O) groups is 1. The van der Waals surface area contributed by atoms with Gasteiger partial charge in [-0.3, -0.25) is 4.79 Å². The van der Waals surface area contributed by atoms with Gasteiger partial charge in [-0.2, -0.15) is 0 Å². The molecule has 2 aromatic carbocycles. The molecule has 0 saturated heterocycles. The quantitative estimate of drug-likeness (QED) is 0.760. The van der Waals surface area contributed by atoms with E-state index >= 15 is 0 Å². The number of fused-ring (bicyclic) bond motifs is 1. The van der Waals surface area contributed by atoms with Crippen LogP contribution in [0.3, 0.4) is 0 Å². The lowest BCUT2D eigenvalue weighted by Crippen LogP contribution is -2.08. The Balaban J connectivity index is 2.07. The highest BCUT2D eigenvalue weighted by Crippen LogP contribution is 2.30. The minimum absolute atomic E-state index is 0.0893. The van der Waals surface area contributed by atoms with E-state index in [4.69, 9.17) is 0 Å². The predicted octanol–water partition coefficient (Wildman–Crippen LogP) is 4.32. The maximum absolute atomic E-state index is 14.0. The zero-order valence-electron chi connectivity index (χ0n) is 11.2. The molecule has 102 valence electrons. The van der Waals surface area contributed by atoms with Crippen LogP contribution >= 0.6 is 0 Å². The number of aryl methyl sites for hydroxylation is 2. The Morgan fingerprint density at radius 3 is 2.15 bits per heavy atom. The molecule has 0 unspecified atom stereocenters. The topological polar surface area (TPSA) is 17.1 Å². The first kappa shape index (κ1) is 13.0. The third-order valence-electron chi connectivity index (χ3n) is 3.85. The fraction of sp³-hybridized carbons (Fsp3) is 0.235. The van der Waals surface area contributed by atoms with E-state index in [1.807, 2.05) is 18.2 Å². The van der Waals surface area contributed by atoms with Crippen molar-refractivity contribution < 1.29 is 13.6 Å². The Labute approximate surface area is 116 Å². The summed E-state index contributed by atoms with van der Waals surface area (Å²) in [4.78, 5) is 11.5. The van der Waals surface area contributed by atoms with E-state index in [9.17, 15) is 13.6 Å². The summed E-state index contributed by atoms with van der Waals surface area (Å²) in [7, 11) is 0. The highest BCUT2D eigenvalue weighted by atomic mass is 19.1. The number of Topliss-reactive ketones (excluding diaryl/α,β-unsaturated/α-hetero) is 1. The molecule has 0 aromatic heterocycles. The fourth-order valence-corrected chi connectivity index (χ4v) is 2.56. The van der Waals surface area contributed by atoms with E-state index in [0.29, 0.717) is 5.56 Å². The first-order valence-electron chi connectivity index (χ1n) is 6.74. The molecule has 2 aromatic rings. The number of ketones is 1. The third-order valence-corrected chi connectivity index (χ3v) is 3.85. The lowest BCUT2D eigenvalue weighted by Gasteiger charge is -2.19. The summed E-state index contributed by atoms with van der Waals surface area (Å²) >= 11 is 0. The van der Waals surface area contributed by atoms with Gasteiger partial charge >= 0.3 is 0 Å². The number of hydrogen-bond acceptors (Lipinski definition) is 1. The maximum atomic E-state index is 14.0. The largest absolute Gasteiger partial charge is 0.294 e. The van der Waals surface area contributed by atoms with Crippen LogP contribution in [0.2, 0.25) is 0 Å². The smallest absolute Gasteiger partial charge is 0.168 e. The van der Waals surface area contributed by atoms with Gasteiger partial charge in [0.25, 0.3) is 0 Å². The Bertz CT molecular complexity index is 681. The minimum Gasteiger partial charge on any atom is -0.294 e. The summed E-state index contributed by atoms with van der Waals surface area (Å²) in [5, 5.41) is 0. The molecule has 0 spiro atoms. The fourth-order valence-electron chi connectivity index (χ4n) is 2.56. The van der Waals surface area contributed by atoms with Gasteiger partial charge < -0.3 is 0 Å². The van der Waals surface area contributed by atoms with Crippen molar-refractivity contribution in [3.63, 3.8) is 0 Å². The molecular formula is C17H14F2O. The van der Waals surface area contributed by atoms with Crippen molar-refractivity contribution >= 4 is 5.78 Å². The van der Waals surface area contributed by atoms with Crippen molar-refractivity contribution in [2.45, 2.75) is 26.2 Å². The second kappa shape index (κ2) is 4.82. The van der Waals surface area contributed by atoms with Crippen LogP contribution in [0.15, 0.2) is 30.3 Å². The second-order valence-electron chi connectivity index (χ2n) is 5.08.